The van der Waals surface area contributed by atoms with E-state index in [2.05, 4.69) is 6.07 Å². The summed E-state index contributed by atoms with van der Waals surface area (Å²) in [4.78, 5) is 2.31. The fourth-order valence-electron chi connectivity index (χ4n) is 1.41. The minimum absolute atomic E-state index is 0.465. The smallest absolute Gasteiger partial charge is 0.101 e. The predicted molar refractivity (Wildman–Crippen MR) is 57.7 cm³/mol. The van der Waals surface area contributed by atoms with Gasteiger partial charge in [-0.3, -0.25) is 0 Å². The maximum absolute atomic E-state index is 8.90. The Hall–Kier alpha value is -1.58. The molecule has 0 saturated heterocycles. The first-order valence-electron chi connectivity index (χ1n) is 4.18. The number of thiophene rings is 1. The first-order valence-corrected chi connectivity index (χ1v) is 5.00. The molecule has 0 radical (unpaired) electrons. The van der Waals surface area contributed by atoms with E-state index < -0.39 is 0 Å². The average Bonchev–Trinajstić information content (AvgIpc) is 2.39. The van der Waals surface area contributed by atoms with Gasteiger partial charge in [-0.1, -0.05) is 0 Å². The highest BCUT2D eigenvalue weighted by molar-refractivity contribution is 7.12. The molecule has 0 fully saturated rings. The lowest BCUT2D eigenvalue weighted by Gasteiger charge is -1.98. The van der Waals surface area contributed by atoms with Crippen molar-refractivity contribution in [1.29, 1.82) is 10.5 Å². The zero-order chi connectivity index (χ0) is 10.7. The van der Waals surface area contributed by atoms with Crippen LogP contribution in [-0.2, 0) is 0 Å². The highest BCUT2D eigenvalue weighted by Gasteiger charge is 2.12. The maximum atomic E-state index is 8.90. The van der Waals surface area contributed by atoms with Crippen LogP contribution in [0.2, 0.25) is 0 Å². The van der Waals surface area contributed by atoms with E-state index in [0.717, 1.165) is 16.0 Å². The van der Waals surface area contributed by atoms with Crippen LogP contribution >= 0.6 is 11.3 Å². The fraction of sp³-hybridized carbons (Fsp3) is 0.273. The van der Waals surface area contributed by atoms with Crippen molar-refractivity contribution in [3.63, 3.8) is 0 Å². The van der Waals surface area contributed by atoms with Crippen molar-refractivity contribution in [2.24, 2.45) is 0 Å². The Balaban J connectivity index is 3.41. The second kappa shape index (κ2) is 4.09. The molecule has 70 valence electrons. The topological polar surface area (TPSA) is 47.6 Å². The van der Waals surface area contributed by atoms with Gasteiger partial charge in [-0.2, -0.15) is 10.5 Å². The van der Waals surface area contributed by atoms with Gasteiger partial charge < -0.3 is 0 Å². The molecule has 0 aliphatic carbocycles. The van der Waals surface area contributed by atoms with Crippen LogP contribution in [0.15, 0.2) is 6.08 Å². The number of hydrogen-bond donors (Lipinski definition) is 0. The molecule has 0 aliphatic rings. The van der Waals surface area contributed by atoms with Crippen molar-refractivity contribution in [3.05, 3.63) is 27.0 Å². The Morgan fingerprint density at radius 2 is 1.86 bits per heavy atom. The number of rotatable bonds is 1. The summed E-state index contributed by atoms with van der Waals surface area (Å²) in [6, 6.07) is 3.96. The van der Waals surface area contributed by atoms with Gasteiger partial charge in [-0.15, -0.1) is 11.3 Å². The SMILES string of the molecule is Cc1sc(C)c(/C(C#N)=C/C#N)c1C. The Kier molecular flexibility index (Phi) is 3.06. The van der Waals surface area contributed by atoms with Crippen LogP contribution in [0.25, 0.3) is 5.57 Å². The molecule has 3 heteroatoms. The van der Waals surface area contributed by atoms with E-state index >= 15 is 0 Å². The average molecular weight is 202 g/mol. The normalized spacial score (nSPS) is 10.8. The predicted octanol–water partition coefficient (Wildman–Crippen LogP) is 3.10. The lowest BCUT2D eigenvalue weighted by atomic mass is 10.0. The first kappa shape index (κ1) is 10.5. The molecule has 1 rings (SSSR count). The van der Waals surface area contributed by atoms with Crippen LogP contribution in [0, 0.1) is 43.4 Å². The molecule has 0 saturated carbocycles. The van der Waals surface area contributed by atoms with E-state index in [1.54, 1.807) is 11.3 Å². The number of nitriles is 2. The van der Waals surface area contributed by atoms with Gasteiger partial charge in [0.25, 0.3) is 0 Å². The lowest BCUT2D eigenvalue weighted by molar-refractivity contribution is 1.39. The van der Waals surface area contributed by atoms with E-state index in [1.807, 2.05) is 26.8 Å². The van der Waals surface area contributed by atoms with Gasteiger partial charge in [0.2, 0.25) is 0 Å². The maximum Gasteiger partial charge on any atom is 0.101 e. The van der Waals surface area contributed by atoms with Crippen molar-refractivity contribution in [2.45, 2.75) is 20.8 Å². The highest BCUT2D eigenvalue weighted by Crippen LogP contribution is 2.31. The van der Waals surface area contributed by atoms with Crippen molar-refractivity contribution < 1.29 is 0 Å². The molecule has 14 heavy (non-hydrogen) atoms. The van der Waals surface area contributed by atoms with Crippen LogP contribution in [-0.4, -0.2) is 0 Å². The molecular weight excluding hydrogens is 192 g/mol. The number of aryl methyl sites for hydroxylation is 2. The molecule has 2 nitrogen and oxygen atoms in total. The van der Waals surface area contributed by atoms with Gasteiger partial charge in [-0.05, 0) is 26.3 Å². The summed E-state index contributed by atoms with van der Waals surface area (Å²) in [7, 11) is 0. The standard InChI is InChI=1S/C11H10N2S/c1-7-8(2)14-9(3)11(7)10(6-13)4-5-12/h4H,1-3H3/b10-4+. The Morgan fingerprint density at radius 3 is 2.21 bits per heavy atom. The second-order valence-electron chi connectivity index (χ2n) is 3.01. The van der Waals surface area contributed by atoms with Crippen molar-refractivity contribution >= 4 is 16.9 Å². The monoisotopic (exact) mass is 202 g/mol. The summed E-state index contributed by atoms with van der Waals surface area (Å²) in [5.41, 5.74) is 2.50. The van der Waals surface area contributed by atoms with Crippen LogP contribution < -0.4 is 0 Å². The third-order valence-electron chi connectivity index (χ3n) is 2.16. The number of allylic oxidation sites excluding steroid dienone is 2. The Labute approximate surface area is 87.7 Å². The van der Waals surface area contributed by atoms with E-state index in [0.29, 0.717) is 5.57 Å². The summed E-state index contributed by atoms with van der Waals surface area (Å²) in [6.45, 7) is 5.98. The molecule has 1 aromatic heterocycles. The van der Waals surface area contributed by atoms with Gasteiger partial charge in [0, 0.05) is 21.4 Å². The minimum Gasteiger partial charge on any atom is -0.193 e. The van der Waals surface area contributed by atoms with E-state index in [4.69, 9.17) is 10.5 Å². The van der Waals surface area contributed by atoms with E-state index in [-0.39, 0.29) is 0 Å². The van der Waals surface area contributed by atoms with Crippen molar-refractivity contribution in [1.82, 2.24) is 0 Å². The van der Waals surface area contributed by atoms with Gasteiger partial charge in [-0.25, -0.2) is 0 Å². The van der Waals surface area contributed by atoms with Crippen molar-refractivity contribution in [3.8, 4) is 12.1 Å². The van der Waals surface area contributed by atoms with Crippen molar-refractivity contribution in [2.75, 3.05) is 0 Å². The van der Waals surface area contributed by atoms with E-state index in [1.165, 1.54) is 11.0 Å². The van der Waals surface area contributed by atoms with Crippen LogP contribution in [0.4, 0.5) is 0 Å². The largest absolute Gasteiger partial charge is 0.193 e. The molecular formula is C11H10N2S. The number of hydrogen-bond acceptors (Lipinski definition) is 3. The molecule has 0 bridgehead atoms. The van der Waals surface area contributed by atoms with Crippen LogP contribution in [0.3, 0.4) is 0 Å². The third-order valence-corrected chi connectivity index (χ3v) is 3.28. The summed E-state index contributed by atoms with van der Waals surface area (Å²) in [5, 5.41) is 17.4. The van der Waals surface area contributed by atoms with Crippen LogP contribution in [0.1, 0.15) is 20.9 Å². The molecule has 0 spiro atoms. The van der Waals surface area contributed by atoms with Gasteiger partial charge in [0.05, 0.1) is 11.6 Å². The Bertz CT molecular complexity index is 467. The van der Waals surface area contributed by atoms with Gasteiger partial charge >= 0.3 is 0 Å². The highest BCUT2D eigenvalue weighted by atomic mass is 32.1. The van der Waals surface area contributed by atoms with Gasteiger partial charge in [0.1, 0.15) is 6.07 Å². The zero-order valence-corrected chi connectivity index (χ0v) is 9.20. The molecule has 0 aromatic carbocycles. The van der Waals surface area contributed by atoms with Gasteiger partial charge in [0.15, 0.2) is 0 Å². The lowest BCUT2D eigenvalue weighted by Crippen LogP contribution is -1.85. The zero-order valence-electron chi connectivity index (χ0n) is 8.38. The molecule has 0 atom stereocenters. The molecule has 0 N–H and O–H groups in total. The number of nitrogens with zero attached hydrogens (tertiary/aromatic N) is 2. The Morgan fingerprint density at radius 1 is 1.21 bits per heavy atom. The molecule has 1 heterocycles. The minimum atomic E-state index is 0.465. The molecule has 0 aliphatic heterocycles. The summed E-state index contributed by atoms with van der Waals surface area (Å²) in [5.74, 6) is 0. The van der Waals surface area contributed by atoms with E-state index in [9.17, 15) is 0 Å². The molecule has 0 unspecified atom stereocenters. The molecule has 1 aromatic rings. The third kappa shape index (κ3) is 1.69. The quantitative estimate of drug-likeness (QED) is 0.657. The second-order valence-corrected chi connectivity index (χ2v) is 4.44. The summed E-state index contributed by atoms with van der Waals surface area (Å²) in [6.07, 6.45) is 1.31. The summed E-state index contributed by atoms with van der Waals surface area (Å²) < 4.78 is 0. The first-order chi connectivity index (χ1) is 6.61. The van der Waals surface area contributed by atoms with Crippen LogP contribution in [0.5, 0.6) is 0 Å². The molecule has 0 amide bonds. The fourth-order valence-corrected chi connectivity index (χ4v) is 2.49. The summed E-state index contributed by atoms with van der Waals surface area (Å²) >= 11 is 1.66.